The van der Waals surface area contributed by atoms with Gasteiger partial charge in [0.1, 0.15) is 18.2 Å². The van der Waals surface area contributed by atoms with Gasteiger partial charge in [0.15, 0.2) is 0 Å². The van der Waals surface area contributed by atoms with Crippen LogP contribution in [-0.2, 0) is 16.1 Å². The molecule has 0 bridgehead atoms. The number of aryl methyl sites for hydroxylation is 1. The number of carbonyl (C=O) groups excluding carboxylic acids is 3. The summed E-state index contributed by atoms with van der Waals surface area (Å²) in [5.41, 5.74) is 1.60. The summed E-state index contributed by atoms with van der Waals surface area (Å²) >= 11 is 0.747. The highest BCUT2D eigenvalue weighted by atomic mass is 32.2. The highest BCUT2D eigenvalue weighted by Gasteiger charge is 2.36. The van der Waals surface area contributed by atoms with Gasteiger partial charge in [-0.25, -0.2) is 8.78 Å². The Kier molecular flexibility index (Phi) is 6.09. The summed E-state index contributed by atoms with van der Waals surface area (Å²) in [5.74, 6) is -3.09. The average molecular weight is 455 g/mol. The molecule has 1 aromatic heterocycles. The zero-order valence-corrected chi connectivity index (χ0v) is 17.9. The fourth-order valence-corrected chi connectivity index (χ4v) is 4.35. The predicted octanol–water partition coefficient (Wildman–Crippen LogP) is 5.00. The number of halogens is 2. The molecule has 9 heteroatoms. The number of anilines is 1. The van der Waals surface area contributed by atoms with Crippen LogP contribution < -0.4 is 5.32 Å². The molecule has 164 valence electrons. The minimum atomic E-state index is -0.948. The average Bonchev–Trinajstić information content (AvgIpc) is 3.23. The normalized spacial score (nSPS) is 15.2. The first-order chi connectivity index (χ1) is 15.4. The number of amides is 3. The number of benzene rings is 2. The molecule has 1 N–H and O–H groups in total. The molecular weight excluding hydrogens is 436 g/mol. The van der Waals surface area contributed by atoms with Crippen molar-refractivity contribution in [3.8, 4) is 0 Å². The molecule has 1 fully saturated rings. The van der Waals surface area contributed by atoms with E-state index in [0.717, 1.165) is 58.2 Å². The number of para-hydroxylation sites is 1. The van der Waals surface area contributed by atoms with Gasteiger partial charge in [0.2, 0.25) is 5.91 Å². The van der Waals surface area contributed by atoms with Gasteiger partial charge in [-0.05, 0) is 42.5 Å². The maximum absolute atomic E-state index is 13.7. The number of nitrogens with one attached hydrogen (secondary N) is 1. The first kappa shape index (κ1) is 21.8. The van der Waals surface area contributed by atoms with E-state index in [1.165, 1.54) is 0 Å². The van der Waals surface area contributed by atoms with Crippen LogP contribution >= 0.6 is 11.8 Å². The molecule has 1 aliphatic heterocycles. The molecule has 0 saturated carbocycles. The molecule has 2 heterocycles. The maximum Gasteiger partial charge on any atom is 0.294 e. The standard InChI is InChI=1S/C23H19F2N3O3S/c1-2-9-27-12-14(16-5-3-4-6-19(16)27)10-20-22(30)28(23(31)32-20)13-21(29)26-18-8-7-15(24)11-17(18)25/h3-8,10-12H,2,9,13H2,1H3,(H,26,29)/b20-10-. The third-order valence-corrected chi connectivity index (χ3v) is 5.86. The van der Waals surface area contributed by atoms with Crippen LogP contribution in [0.3, 0.4) is 0 Å². The number of nitrogens with zero attached hydrogens (tertiary/aromatic N) is 2. The molecule has 0 atom stereocenters. The van der Waals surface area contributed by atoms with Crippen molar-refractivity contribution in [2.24, 2.45) is 0 Å². The highest BCUT2D eigenvalue weighted by Crippen LogP contribution is 2.34. The molecule has 6 nitrogen and oxygen atoms in total. The third kappa shape index (κ3) is 4.29. The minimum Gasteiger partial charge on any atom is -0.347 e. The van der Waals surface area contributed by atoms with Crippen LogP contribution in [0.15, 0.2) is 53.6 Å². The largest absolute Gasteiger partial charge is 0.347 e. The van der Waals surface area contributed by atoms with E-state index in [0.29, 0.717) is 6.07 Å². The lowest BCUT2D eigenvalue weighted by atomic mass is 10.1. The molecule has 0 unspecified atom stereocenters. The number of fused-ring (bicyclic) bond motifs is 1. The molecule has 0 radical (unpaired) electrons. The Bertz CT molecular complexity index is 1270. The molecule has 32 heavy (non-hydrogen) atoms. The number of rotatable bonds is 6. The number of carbonyl (C=O) groups is 3. The Morgan fingerprint density at radius 1 is 1.16 bits per heavy atom. The van der Waals surface area contributed by atoms with Crippen molar-refractivity contribution in [2.75, 3.05) is 11.9 Å². The van der Waals surface area contributed by atoms with E-state index in [2.05, 4.69) is 16.8 Å². The zero-order valence-electron chi connectivity index (χ0n) is 17.1. The number of imide groups is 1. The van der Waals surface area contributed by atoms with Crippen molar-refractivity contribution >= 4 is 51.5 Å². The van der Waals surface area contributed by atoms with Gasteiger partial charge in [-0.2, -0.15) is 0 Å². The van der Waals surface area contributed by atoms with Gasteiger partial charge in [0, 0.05) is 35.3 Å². The van der Waals surface area contributed by atoms with Crippen molar-refractivity contribution in [3.63, 3.8) is 0 Å². The molecule has 0 spiro atoms. The molecule has 3 amide bonds. The lowest BCUT2D eigenvalue weighted by molar-refractivity contribution is -0.127. The summed E-state index contributed by atoms with van der Waals surface area (Å²) in [6.07, 6.45) is 4.53. The second-order valence-corrected chi connectivity index (χ2v) is 8.23. The lowest BCUT2D eigenvalue weighted by Gasteiger charge is -2.12. The summed E-state index contributed by atoms with van der Waals surface area (Å²) in [6, 6.07) is 10.5. The summed E-state index contributed by atoms with van der Waals surface area (Å²) in [6.45, 7) is 2.31. The van der Waals surface area contributed by atoms with E-state index in [1.54, 1.807) is 6.08 Å². The van der Waals surface area contributed by atoms with Crippen LogP contribution in [-0.4, -0.2) is 33.1 Å². The smallest absolute Gasteiger partial charge is 0.294 e. The monoisotopic (exact) mass is 455 g/mol. The molecule has 4 rings (SSSR count). The third-order valence-electron chi connectivity index (χ3n) is 4.95. The molecular formula is C23H19F2N3O3S. The van der Waals surface area contributed by atoms with Crippen molar-refractivity contribution in [3.05, 3.63) is 70.8 Å². The number of thioether (sulfide) groups is 1. The van der Waals surface area contributed by atoms with E-state index < -0.39 is 35.2 Å². The Labute approximate surface area is 186 Å². The maximum atomic E-state index is 13.7. The van der Waals surface area contributed by atoms with Crippen molar-refractivity contribution in [1.82, 2.24) is 9.47 Å². The molecule has 1 saturated heterocycles. The van der Waals surface area contributed by atoms with E-state index in [-0.39, 0.29) is 10.6 Å². The van der Waals surface area contributed by atoms with Gasteiger partial charge in [0.05, 0.1) is 10.6 Å². The van der Waals surface area contributed by atoms with E-state index >= 15 is 0 Å². The van der Waals surface area contributed by atoms with Gasteiger partial charge in [-0.3, -0.25) is 19.3 Å². The Hall–Kier alpha value is -3.46. The number of hydrogen-bond acceptors (Lipinski definition) is 4. The molecule has 2 aromatic carbocycles. The summed E-state index contributed by atoms with van der Waals surface area (Å²) < 4.78 is 28.9. The van der Waals surface area contributed by atoms with E-state index in [4.69, 9.17) is 0 Å². The van der Waals surface area contributed by atoms with Gasteiger partial charge in [-0.15, -0.1) is 0 Å². The van der Waals surface area contributed by atoms with Gasteiger partial charge in [-0.1, -0.05) is 25.1 Å². The molecule has 0 aliphatic carbocycles. The fraction of sp³-hybridized carbons (Fsp3) is 0.174. The number of hydrogen-bond donors (Lipinski definition) is 1. The van der Waals surface area contributed by atoms with Crippen LogP contribution in [0.1, 0.15) is 18.9 Å². The van der Waals surface area contributed by atoms with Crippen LogP contribution in [0, 0.1) is 11.6 Å². The predicted molar refractivity (Wildman–Crippen MR) is 120 cm³/mol. The lowest BCUT2D eigenvalue weighted by Crippen LogP contribution is -2.36. The van der Waals surface area contributed by atoms with Crippen molar-refractivity contribution in [2.45, 2.75) is 19.9 Å². The summed E-state index contributed by atoms with van der Waals surface area (Å²) in [5, 5.41) is 2.62. The Balaban J connectivity index is 1.53. The molecule has 1 aliphatic rings. The van der Waals surface area contributed by atoms with Crippen molar-refractivity contribution in [1.29, 1.82) is 0 Å². The quantitative estimate of drug-likeness (QED) is 0.531. The highest BCUT2D eigenvalue weighted by molar-refractivity contribution is 8.18. The molecule has 3 aromatic rings. The van der Waals surface area contributed by atoms with E-state index in [1.807, 2.05) is 30.5 Å². The topological polar surface area (TPSA) is 71.4 Å². The number of aromatic nitrogens is 1. The van der Waals surface area contributed by atoms with E-state index in [9.17, 15) is 23.2 Å². The second kappa shape index (κ2) is 8.96. The first-order valence-electron chi connectivity index (χ1n) is 9.95. The fourth-order valence-electron chi connectivity index (χ4n) is 3.52. The van der Waals surface area contributed by atoms with Gasteiger partial charge >= 0.3 is 0 Å². The zero-order chi connectivity index (χ0) is 22.8. The van der Waals surface area contributed by atoms with Gasteiger partial charge in [0.25, 0.3) is 11.1 Å². The van der Waals surface area contributed by atoms with Crippen molar-refractivity contribution < 1.29 is 23.2 Å². The second-order valence-electron chi connectivity index (χ2n) is 7.24. The Morgan fingerprint density at radius 2 is 1.94 bits per heavy atom. The Morgan fingerprint density at radius 3 is 2.69 bits per heavy atom. The SMILES string of the molecule is CCCn1cc(/C=C2\SC(=O)N(CC(=O)Nc3ccc(F)cc3F)C2=O)c2ccccc21. The van der Waals surface area contributed by atoms with Gasteiger partial charge < -0.3 is 9.88 Å². The summed E-state index contributed by atoms with van der Waals surface area (Å²) in [7, 11) is 0. The van der Waals surface area contributed by atoms with Crippen LogP contribution in [0.25, 0.3) is 17.0 Å². The van der Waals surface area contributed by atoms with Crippen LogP contribution in [0.2, 0.25) is 0 Å². The summed E-state index contributed by atoms with van der Waals surface area (Å²) in [4.78, 5) is 38.4. The van der Waals surface area contributed by atoms with Crippen LogP contribution in [0.4, 0.5) is 19.3 Å². The van der Waals surface area contributed by atoms with Crippen LogP contribution in [0.5, 0.6) is 0 Å². The first-order valence-corrected chi connectivity index (χ1v) is 10.8. The minimum absolute atomic E-state index is 0.204.